The van der Waals surface area contributed by atoms with Crippen LogP contribution in [0.2, 0.25) is 25.7 Å². The normalized spacial score (nSPS) is 12.8. The monoisotopic (exact) mass is 364 g/mol. The third kappa shape index (κ3) is 6.64. The van der Waals surface area contributed by atoms with Crippen molar-refractivity contribution >= 4 is 8.07 Å². The summed E-state index contributed by atoms with van der Waals surface area (Å²) in [6.07, 6.45) is -0.332. The van der Waals surface area contributed by atoms with Crippen LogP contribution in [0.4, 0.5) is 0 Å². The Kier molecular flexibility index (Phi) is 7.39. The van der Waals surface area contributed by atoms with Gasteiger partial charge in [0, 0.05) is 18.5 Å². The van der Waals surface area contributed by atoms with Gasteiger partial charge in [0.2, 0.25) is 0 Å². The Morgan fingerprint density at radius 2 is 1.64 bits per heavy atom. The van der Waals surface area contributed by atoms with Gasteiger partial charge in [0.05, 0.1) is 22.3 Å². The molecule has 140 valence electrons. The molecule has 0 spiro atoms. The lowest BCUT2D eigenvalue weighted by molar-refractivity contribution is -0.0265. The van der Waals surface area contributed by atoms with Crippen molar-refractivity contribution < 1.29 is 19.3 Å². The number of ether oxygens (including phenoxy) is 3. The zero-order chi connectivity index (χ0) is 19.3. The second-order valence-corrected chi connectivity index (χ2v) is 13.5. The molecule has 1 rings (SSSR count). The minimum atomic E-state index is -1.18. The maximum Gasteiger partial charge on any atom is 0.165 e. The third-order valence-electron chi connectivity index (χ3n) is 3.90. The smallest absolute Gasteiger partial charge is 0.165 e. The summed E-state index contributed by atoms with van der Waals surface area (Å²) in [4.78, 5) is 0. The predicted molar refractivity (Wildman–Crippen MR) is 106 cm³/mol. The van der Waals surface area contributed by atoms with E-state index in [1.807, 2.05) is 26.8 Å². The highest BCUT2D eigenvalue weighted by molar-refractivity contribution is 6.76. The van der Waals surface area contributed by atoms with Crippen molar-refractivity contribution in [3.63, 3.8) is 0 Å². The molecule has 1 aromatic rings. The van der Waals surface area contributed by atoms with Gasteiger partial charge >= 0.3 is 0 Å². The molecule has 0 saturated heterocycles. The number of aryl methyl sites for hydroxylation is 1. The lowest BCUT2D eigenvalue weighted by atomic mass is 9.98. The molecule has 0 aliphatic heterocycles. The second-order valence-electron chi connectivity index (χ2n) is 7.99. The van der Waals surface area contributed by atoms with Crippen molar-refractivity contribution in [3.8, 4) is 29.1 Å². The summed E-state index contributed by atoms with van der Waals surface area (Å²) < 4.78 is 16.8. The second kappa shape index (κ2) is 8.64. The maximum atomic E-state index is 10.5. The Balaban J connectivity index is 2.89. The molecular formula is C20H32O4Si. The van der Waals surface area contributed by atoms with Crippen LogP contribution in [-0.2, 0) is 0 Å². The molecule has 5 heteroatoms. The molecule has 1 atom stereocenters. The maximum absolute atomic E-state index is 10.5. The Bertz CT molecular complexity index is 636. The van der Waals surface area contributed by atoms with Crippen LogP contribution in [0.25, 0.3) is 0 Å². The fourth-order valence-corrected chi connectivity index (χ4v) is 2.85. The van der Waals surface area contributed by atoms with Crippen LogP contribution in [0, 0.1) is 18.8 Å². The van der Waals surface area contributed by atoms with Crippen molar-refractivity contribution in [2.45, 2.75) is 64.6 Å². The number of methoxy groups -OCH3 is 2. The van der Waals surface area contributed by atoms with Crippen molar-refractivity contribution in [3.05, 3.63) is 17.7 Å². The highest BCUT2D eigenvalue weighted by Crippen LogP contribution is 2.37. The van der Waals surface area contributed by atoms with Crippen LogP contribution >= 0.6 is 0 Å². The number of aliphatic hydroxyl groups excluding tert-OH is 1. The van der Waals surface area contributed by atoms with Crippen molar-refractivity contribution in [1.82, 2.24) is 0 Å². The first-order chi connectivity index (χ1) is 11.5. The Morgan fingerprint density at radius 1 is 1.04 bits per heavy atom. The zero-order valence-electron chi connectivity index (χ0n) is 16.8. The van der Waals surface area contributed by atoms with Gasteiger partial charge < -0.3 is 19.3 Å². The summed E-state index contributed by atoms with van der Waals surface area (Å²) in [6, 6.07) is 4.59. The van der Waals surface area contributed by atoms with E-state index in [2.05, 4.69) is 31.5 Å². The molecular weight excluding hydrogens is 332 g/mol. The van der Waals surface area contributed by atoms with Gasteiger partial charge in [-0.2, -0.15) is 0 Å². The van der Waals surface area contributed by atoms with Gasteiger partial charge in [-0.3, -0.25) is 0 Å². The SMILES string of the molecule is COc1cc(OC(C)(C)[C@@H](O)CC#CC[Si](C)(C)C)c(OC)cc1C. The molecule has 0 fully saturated rings. The molecule has 0 aliphatic rings. The molecule has 0 aliphatic carbocycles. The summed E-state index contributed by atoms with van der Waals surface area (Å²) in [7, 11) is 2.03. The van der Waals surface area contributed by atoms with Gasteiger partial charge in [-0.05, 0) is 32.4 Å². The van der Waals surface area contributed by atoms with Crippen LogP contribution in [-0.4, -0.2) is 39.1 Å². The number of aliphatic hydroxyl groups is 1. The first kappa shape index (κ1) is 21.4. The molecule has 0 saturated carbocycles. The lowest BCUT2D eigenvalue weighted by Crippen LogP contribution is -2.41. The van der Waals surface area contributed by atoms with E-state index in [9.17, 15) is 5.11 Å². The summed E-state index contributed by atoms with van der Waals surface area (Å²) in [6.45, 7) is 12.5. The molecule has 25 heavy (non-hydrogen) atoms. The van der Waals surface area contributed by atoms with E-state index in [1.54, 1.807) is 20.3 Å². The minimum absolute atomic E-state index is 0.378. The molecule has 0 radical (unpaired) electrons. The van der Waals surface area contributed by atoms with Crippen LogP contribution in [0.3, 0.4) is 0 Å². The van der Waals surface area contributed by atoms with E-state index in [0.717, 1.165) is 17.4 Å². The quantitative estimate of drug-likeness (QED) is 0.580. The summed E-state index contributed by atoms with van der Waals surface area (Å²) in [5, 5.41) is 10.5. The third-order valence-corrected chi connectivity index (χ3v) is 5.13. The molecule has 0 heterocycles. The van der Waals surface area contributed by atoms with E-state index in [0.29, 0.717) is 17.9 Å². The van der Waals surface area contributed by atoms with Crippen molar-refractivity contribution in [2.75, 3.05) is 14.2 Å². The largest absolute Gasteiger partial charge is 0.496 e. The average Bonchev–Trinajstić information content (AvgIpc) is 2.51. The molecule has 0 unspecified atom stereocenters. The summed E-state index contributed by atoms with van der Waals surface area (Å²) >= 11 is 0. The summed E-state index contributed by atoms with van der Waals surface area (Å²) in [5.41, 5.74) is 0.156. The standard InChI is InChI=1S/C20H32O4Si/c1-15-13-17(23-5)18(14-16(15)22-4)24-20(2,3)19(21)11-9-10-12-25(6,7)8/h13-14,19,21H,11-12H2,1-8H3/t19-/m0/s1. The van der Waals surface area contributed by atoms with Gasteiger partial charge in [-0.1, -0.05) is 19.6 Å². The van der Waals surface area contributed by atoms with Gasteiger partial charge in [0.15, 0.2) is 11.5 Å². The first-order valence-corrected chi connectivity index (χ1v) is 12.3. The van der Waals surface area contributed by atoms with Crippen LogP contribution in [0.15, 0.2) is 12.1 Å². The number of benzene rings is 1. The lowest BCUT2D eigenvalue weighted by Gasteiger charge is -2.31. The molecule has 1 N–H and O–H groups in total. The van der Waals surface area contributed by atoms with Crippen LogP contribution in [0.5, 0.6) is 17.2 Å². The predicted octanol–water partition coefficient (Wildman–Crippen LogP) is 4.26. The minimum Gasteiger partial charge on any atom is -0.496 e. The number of rotatable bonds is 7. The Labute approximate surface area is 153 Å². The Morgan fingerprint density at radius 3 is 2.16 bits per heavy atom. The van der Waals surface area contributed by atoms with Gasteiger partial charge in [0.25, 0.3) is 0 Å². The zero-order valence-corrected chi connectivity index (χ0v) is 17.8. The van der Waals surface area contributed by atoms with E-state index >= 15 is 0 Å². The van der Waals surface area contributed by atoms with Crippen LogP contribution in [0.1, 0.15) is 25.8 Å². The number of hydrogen-bond acceptors (Lipinski definition) is 4. The fourth-order valence-electron chi connectivity index (χ4n) is 2.20. The molecule has 0 bridgehead atoms. The van der Waals surface area contributed by atoms with E-state index < -0.39 is 19.8 Å². The number of hydrogen-bond donors (Lipinski definition) is 1. The van der Waals surface area contributed by atoms with E-state index in [4.69, 9.17) is 14.2 Å². The Hall–Kier alpha value is -1.64. The van der Waals surface area contributed by atoms with Gasteiger partial charge in [-0.15, -0.1) is 11.8 Å². The topological polar surface area (TPSA) is 47.9 Å². The van der Waals surface area contributed by atoms with Crippen LogP contribution < -0.4 is 14.2 Å². The van der Waals surface area contributed by atoms with Crippen molar-refractivity contribution in [1.29, 1.82) is 0 Å². The average molecular weight is 365 g/mol. The molecule has 1 aromatic carbocycles. The molecule has 0 amide bonds. The van der Waals surface area contributed by atoms with Crippen molar-refractivity contribution in [2.24, 2.45) is 0 Å². The molecule has 4 nitrogen and oxygen atoms in total. The highest BCUT2D eigenvalue weighted by Gasteiger charge is 2.31. The fraction of sp³-hybridized carbons (Fsp3) is 0.600. The van der Waals surface area contributed by atoms with E-state index in [1.165, 1.54) is 0 Å². The summed E-state index contributed by atoms with van der Waals surface area (Å²) in [5.74, 6) is 8.16. The van der Waals surface area contributed by atoms with Gasteiger partial charge in [-0.25, -0.2) is 0 Å². The van der Waals surface area contributed by atoms with Gasteiger partial charge in [0.1, 0.15) is 17.5 Å². The van der Waals surface area contributed by atoms with E-state index in [-0.39, 0.29) is 0 Å². The first-order valence-electron chi connectivity index (χ1n) is 8.55. The highest BCUT2D eigenvalue weighted by atomic mass is 28.3. The molecule has 0 aromatic heterocycles.